The molecule has 0 spiro atoms. The van der Waals surface area contributed by atoms with Crippen molar-refractivity contribution in [2.45, 2.75) is 20.1 Å². The Morgan fingerprint density at radius 2 is 2.05 bits per heavy atom. The summed E-state index contributed by atoms with van der Waals surface area (Å²) in [4.78, 5) is 8.20. The summed E-state index contributed by atoms with van der Waals surface area (Å²) < 4.78 is 31.8. The van der Waals surface area contributed by atoms with E-state index in [1.165, 1.54) is 6.07 Å². The normalized spacial score (nSPS) is 10.7. The fraction of sp³-hybridized carbons (Fsp3) is 0.286. The quantitative estimate of drug-likeness (QED) is 0.828. The van der Waals surface area contributed by atoms with E-state index in [0.29, 0.717) is 18.2 Å². The van der Waals surface area contributed by atoms with Crippen molar-refractivity contribution in [1.82, 2.24) is 9.97 Å². The van der Waals surface area contributed by atoms with E-state index in [9.17, 15) is 8.78 Å². The van der Waals surface area contributed by atoms with Crippen LogP contribution in [0.5, 0.6) is 0 Å². The van der Waals surface area contributed by atoms with E-state index < -0.39 is 11.6 Å². The minimum absolute atomic E-state index is 0.0883. The molecule has 0 bridgehead atoms. The molecule has 1 aromatic carbocycles. The summed E-state index contributed by atoms with van der Waals surface area (Å²) in [6, 6.07) is 4.79. The smallest absolute Gasteiger partial charge is 0.158 e. The van der Waals surface area contributed by atoms with E-state index in [1.54, 1.807) is 0 Å². The average Bonchev–Trinajstić information content (AvgIpc) is 2.45. The van der Waals surface area contributed by atoms with Gasteiger partial charge in [-0.2, -0.15) is 0 Å². The van der Waals surface area contributed by atoms with Gasteiger partial charge in [-0.25, -0.2) is 18.7 Å². The number of benzene rings is 1. The number of nitrogens with one attached hydrogen (secondary N) is 1. The maximum absolute atomic E-state index is 13.5. The van der Waals surface area contributed by atoms with Crippen molar-refractivity contribution in [3.63, 3.8) is 0 Å². The van der Waals surface area contributed by atoms with Gasteiger partial charge in [0, 0.05) is 24.8 Å². The second-order valence-corrected chi connectivity index (χ2v) is 4.61. The summed E-state index contributed by atoms with van der Waals surface area (Å²) in [5, 5.41) is 3.14. The number of anilines is 1. The Kier molecular flexibility index (Phi) is 5.41. The Morgan fingerprint density at radius 1 is 1.24 bits per heavy atom. The van der Waals surface area contributed by atoms with Gasteiger partial charge in [-0.3, -0.25) is 0 Å². The monoisotopic (exact) mass is 313 g/mol. The van der Waals surface area contributed by atoms with Gasteiger partial charge in [0.15, 0.2) is 5.82 Å². The molecule has 0 amide bonds. The zero-order valence-electron chi connectivity index (χ0n) is 11.4. The van der Waals surface area contributed by atoms with Crippen LogP contribution in [0.3, 0.4) is 0 Å². The van der Waals surface area contributed by atoms with Crippen LogP contribution in [0.1, 0.15) is 18.3 Å². The largest absolute Gasteiger partial charge is 0.374 e. The second kappa shape index (κ2) is 7.28. The zero-order valence-corrected chi connectivity index (χ0v) is 12.1. The highest BCUT2D eigenvalue weighted by Crippen LogP contribution is 2.15. The molecule has 4 nitrogen and oxygen atoms in total. The number of nitrogens with zero attached hydrogens (tertiary/aromatic N) is 2. The molecule has 0 aliphatic heterocycles. The summed E-state index contributed by atoms with van der Waals surface area (Å²) in [7, 11) is 0. The van der Waals surface area contributed by atoms with Crippen LogP contribution in [0.25, 0.3) is 0 Å². The topological polar surface area (TPSA) is 47.0 Å². The number of hydrogen-bond donors (Lipinski definition) is 1. The first kappa shape index (κ1) is 15.6. The van der Waals surface area contributed by atoms with Crippen molar-refractivity contribution in [2.24, 2.45) is 0 Å². The van der Waals surface area contributed by atoms with Crippen LogP contribution in [0.15, 0.2) is 24.3 Å². The summed E-state index contributed by atoms with van der Waals surface area (Å²) in [5.74, 6) is -0.135. The third kappa shape index (κ3) is 4.61. The molecular formula is C14H14ClF2N3O. The summed E-state index contributed by atoms with van der Waals surface area (Å²) in [5.41, 5.74) is 0.205. The number of hydrogen-bond acceptors (Lipinski definition) is 4. The van der Waals surface area contributed by atoms with Gasteiger partial charge in [0.25, 0.3) is 0 Å². The second-order valence-electron chi connectivity index (χ2n) is 4.22. The standard InChI is InChI=1S/C14H14ClF2N3O/c1-2-21-8-14-19-12(15)6-13(20-14)18-7-9-5-10(16)3-4-11(9)17/h3-6H,2,7-8H2,1H3,(H,18,19,20). The van der Waals surface area contributed by atoms with Crippen molar-refractivity contribution in [1.29, 1.82) is 0 Å². The van der Waals surface area contributed by atoms with Crippen molar-refractivity contribution in [3.05, 3.63) is 52.4 Å². The van der Waals surface area contributed by atoms with E-state index in [2.05, 4.69) is 15.3 Å². The fourth-order valence-corrected chi connectivity index (χ4v) is 1.88. The van der Waals surface area contributed by atoms with Crippen LogP contribution < -0.4 is 5.32 Å². The summed E-state index contributed by atoms with van der Waals surface area (Å²) in [6.07, 6.45) is 0. The molecule has 1 N–H and O–H groups in total. The molecular weight excluding hydrogens is 300 g/mol. The molecule has 0 saturated heterocycles. The summed E-state index contributed by atoms with van der Waals surface area (Å²) >= 11 is 5.89. The first-order chi connectivity index (χ1) is 10.1. The van der Waals surface area contributed by atoms with Gasteiger partial charge in [-0.15, -0.1) is 0 Å². The fourth-order valence-electron chi connectivity index (χ4n) is 1.68. The Balaban J connectivity index is 2.08. The minimum atomic E-state index is -0.494. The maximum Gasteiger partial charge on any atom is 0.158 e. The van der Waals surface area contributed by atoms with Crippen LogP contribution in [0.2, 0.25) is 5.15 Å². The average molecular weight is 314 g/mol. The molecule has 0 saturated carbocycles. The molecule has 1 aromatic heterocycles. The zero-order chi connectivity index (χ0) is 15.2. The first-order valence-electron chi connectivity index (χ1n) is 6.37. The molecule has 2 rings (SSSR count). The lowest BCUT2D eigenvalue weighted by atomic mass is 10.2. The number of rotatable bonds is 6. The maximum atomic E-state index is 13.5. The lowest BCUT2D eigenvalue weighted by Gasteiger charge is -2.09. The predicted octanol–water partition coefficient (Wildman–Crippen LogP) is 3.56. The molecule has 0 aliphatic rings. The van der Waals surface area contributed by atoms with Gasteiger partial charge < -0.3 is 10.1 Å². The lowest BCUT2D eigenvalue weighted by Crippen LogP contribution is -2.07. The van der Waals surface area contributed by atoms with E-state index in [1.807, 2.05) is 6.92 Å². The van der Waals surface area contributed by atoms with Gasteiger partial charge in [0.05, 0.1) is 0 Å². The Hall–Kier alpha value is -1.79. The predicted molar refractivity (Wildman–Crippen MR) is 76.1 cm³/mol. The summed E-state index contributed by atoms with van der Waals surface area (Å²) in [6.45, 7) is 2.72. The van der Waals surface area contributed by atoms with Gasteiger partial charge in [-0.05, 0) is 25.1 Å². The van der Waals surface area contributed by atoms with Crippen LogP contribution in [-0.2, 0) is 17.9 Å². The van der Waals surface area contributed by atoms with Gasteiger partial charge >= 0.3 is 0 Å². The van der Waals surface area contributed by atoms with Crippen molar-refractivity contribution >= 4 is 17.4 Å². The van der Waals surface area contributed by atoms with Crippen molar-refractivity contribution in [3.8, 4) is 0 Å². The third-order valence-corrected chi connectivity index (χ3v) is 2.84. The Bertz CT molecular complexity index is 625. The Labute approximate surface area is 126 Å². The molecule has 21 heavy (non-hydrogen) atoms. The van der Waals surface area contributed by atoms with Crippen LogP contribution in [0, 0.1) is 11.6 Å². The van der Waals surface area contributed by atoms with E-state index in [-0.39, 0.29) is 23.9 Å². The molecule has 0 atom stereocenters. The number of halogens is 3. The third-order valence-electron chi connectivity index (χ3n) is 2.64. The SMILES string of the molecule is CCOCc1nc(Cl)cc(NCc2cc(F)ccc2F)n1. The molecule has 0 radical (unpaired) electrons. The molecule has 0 aliphatic carbocycles. The van der Waals surface area contributed by atoms with E-state index >= 15 is 0 Å². The number of ether oxygens (including phenoxy) is 1. The van der Waals surface area contributed by atoms with Crippen LogP contribution in [0.4, 0.5) is 14.6 Å². The van der Waals surface area contributed by atoms with Crippen molar-refractivity contribution < 1.29 is 13.5 Å². The van der Waals surface area contributed by atoms with Crippen LogP contribution >= 0.6 is 11.6 Å². The molecule has 2 aromatic rings. The molecule has 0 fully saturated rings. The van der Waals surface area contributed by atoms with Gasteiger partial charge in [0.2, 0.25) is 0 Å². The lowest BCUT2D eigenvalue weighted by molar-refractivity contribution is 0.128. The highest BCUT2D eigenvalue weighted by molar-refractivity contribution is 6.29. The van der Waals surface area contributed by atoms with Crippen LogP contribution in [-0.4, -0.2) is 16.6 Å². The Morgan fingerprint density at radius 3 is 2.81 bits per heavy atom. The molecule has 0 unspecified atom stereocenters. The van der Waals surface area contributed by atoms with Gasteiger partial charge in [0.1, 0.15) is 29.2 Å². The van der Waals surface area contributed by atoms with Crippen molar-refractivity contribution in [2.75, 3.05) is 11.9 Å². The number of aromatic nitrogens is 2. The highest BCUT2D eigenvalue weighted by Gasteiger charge is 2.06. The van der Waals surface area contributed by atoms with Gasteiger partial charge in [-0.1, -0.05) is 11.6 Å². The molecule has 7 heteroatoms. The molecule has 112 valence electrons. The van der Waals surface area contributed by atoms with E-state index in [0.717, 1.165) is 18.2 Å². The first-order valence-corrected chi connectivity index (χ1v) is 6.75. The highest BCUT2D eigenvalue weighted by atomic mass is 35.5. The molecule has 1 heterocycles. The van der Waals surface area contributed by atoms with E-state index in [4.69, 9.17) is 16.3 Å². The minimum Gasteiger partial charge on any atom is -0.374 e.